The van der Waals surface area contributed by atoms with Gasteiger partial charge in [-0.05, 0) is 77.0 Å². The number of carbonyl (C=O) groups excluding carboxylic acids is 3. The van der Waals surface area contributed by atoms with Gasteiger partial charge in [0.2, 0.25) is 0 Å². The summed E-state index contributed by atoms with van der Waals surface area (Å²) in [6.45, 7) is 5.98. The van der Waals surface area contributed by atoms with Crippen molar-refractivity contribution in [3.05, 3.63) is 36.5 Å². The van der Waals surface area contributed by atoms with Gasteiger partial charge in [-0.15, -0.1) is 0 Å². The third-order valence-corrected chi connectivity index (χ3v) is 14.2. The van der Waals surface area contributed by atoms with Gasteiger partial charge in [0.1, 0.15) is 18.8 Å². The molecule has 0 spiro atoms. The van der Waals surface area contributed by atoms with Crippen LogP contribution in [0.25, 0.3) is 0 Å². The maximum Gasteiger partial charge on any atom is 0.335 e. The van der Waals surface area contributed by atoms with Gasteiger partial charge in [0.15, 0.2) is 24.6 Å². The highest BCUT2D eigenvalue weighted by Crippen LogP contribution is 2.27. The van der Waals surface area contributed by atoms with Crippen LogP contribution in [0.2, 0.25) is 0 Å². The molecule has 6 unspecified atom stereocenters. The summed E-state index contributed by atoms with van der Waals surface area (Å²) in [4.78, 5) is 51.2. The van der Waals surface area contributed by atoms with Gasteiger partial charge in [0, 0.05) is 19.3 Å². The number of rotatable bonds is 53. The van der Waals surface area contributed by atoms with Crippen molar-refractivity contribution in [2.45, 2.75) is 327 Å². The third kappa shape index (κ3) is 41.7. The van der Waals surface area contributed by atoms with Gasteiger partial charge in [0.25, 0.3) is 0 Å². The average Bonchev–Trinajstić information content (AvgIpc) is 3.39. The highest BCUT2D eigenvalue weighted by Gasteiger charge is 2.50. The van der Waals surface area contributed by atoms with Crippen LogP contribution >= 0.6 is 0 Å². The minimum atomic E-state index is -1.90. The van der Waals surface area contributed by atoms with Crippen molar-refractivity contribution in [1.82, 2.24) is 0 Å². The van der Waals surface area contributed by atoms with Crippen molar-refractivity contribution >= 4 is 23.9 Å². The predicted octanol–water partition coefficient (Wildman–Crippen LogP) is 16.0. The number of aliphatic hydroxyl groups is 2. The first kappa shape index (κ1) is 70.0. The molecule has 1 aliphatic rings. The molecule has 0 amide bonds. The Morgan fingerprint density at radius 1 is 0.440 bits per heavy atom. The van der Waals surface area contributed by atoms with Crippen LogP contribution in [-0.2, 0) is 42.9 Å². The van der Waals surface area contributed by atoms with E-state index >= 15 is 0 Å². The van der Waals surface area contributed by atoms with Crippen molar-refractivity contribution in [2.24, 2.45) is 0 Å². The second-order valence-corrected chi connectivity index (χ2v) is 21.3. The molecular formula is C63H112O12. The van der Waals surface area contributed by atoms with Crippen molar-refractivity contribution in [2.75, 3.05) is 13.2 Å². The Hall–Kier alpha value is -3.06. The van der Waals surface area contributed by atoms with E-state index in [1.165, 1.54) is 128 Å². The zero-order chi connectivity index (χ0) is 54.7. The monoisotopic (exact) mass is 1060 g/mol. The topological polar surface area (TPSA) is 175 Å². The SMILES string of the molecule is CCCCC/C=C\C/C=C\CCCCCCCC(=O)OCC(COC1OC(C(=O)O)C(O)C(O)C1OC(=O)CCCCCCC/C=C\CCCCCCCC)OC(=O)CCCCCCCCCCCCCCCCC. The van der Waals surface area contributed by atoms with Crippen LogP contribution < -0.4 is 0 Å². The minimum Gasteiger partial charge on any atom is -0.479 e. The summed E-state index contributed by atoms with van der Waals surface area (Å²) in [5.74, 6) is -3.12. The number of aliphatic hydroxyl groups excluding tert-OH is 2. The fourth-order valence-corrected chi connectivity index (χ4v) is 9.39. The molecule has 1 aliphatic heterocycles. The molecule has 0 aliphatic carbocycles. The van der Waals surface area contributed by atoms with Crippen LogP contribution in [0.1, 0.15) is 290 Å². The molecule has 12 nitrogen and oxygen atoms in total. The Bertz CT molecular complexity index is 1450. The van der Waals surface area contributed by atoms with Crippen LogP contribution in [-0.4, -0.2) is 89.2 Å². The number of hydrogen-bond donors (Lipinski definition) is 3. The van der Waals surface area contributed by atoms with Gasteiger partial charge >= 0.3 is 23.9 Å². The summed E-state index contributed by atoms with van der Waals surface area (Å²) in [7, 11) is 0. The Labute approximate surface area is 457 Å². The van der Waals surface area contributed by atoms with E-state index in [-0.39, 0.29) is 25.9 Å². The third-order valence-electron chi connectivity index (χ3n) is 14.2. The first-order chi connectivity index (χ1) is 36.6. The Morgan fingerprint density at radius 3 is 1.24 bits per heavy atom. The summed E-state index contributed by atoms with van der Waals surface area (Å²) in [6.07, 6.45) is 48.2. The summed E-state index contributed by atoms with van der Waals surface area (Å²) in [5.41, 5.74) is 0. The lowest BCUT2D eigenvalue weighted by Crippen LogP contribution is -2.61. The molecule has 6 atom stereocenters. The van der Waals surface area contributed by atoms with Crippen LogP contribution in [0.3, 0.4) is 0 Å². The van der Waals surface area contributed by atoms with E-state index in [0.717, 1.165) is 103 Å². The van der Waals surface area contributed by atoms with Gasteiger partial charge < -0.3 is 39.0 Å². The van der Waals surface area contributed by atoms with Gasteiger partial charge in [-0.3, -0.25) is 14.4 Å². The summed E-state index contributed by atoms with van der Waals surface area (Å²) >= 11 is 0. The Balaban J connectivity index is 2.69. The quantitative estimate of drug-likeness (QED) is 0.0228. The van der Waals surface area contributed by atoms with E-state index in [1.807, 2.05) is 0 Å². The Morgan fingerprint density at radius 2 is 0.800 bits per heavy atom. The predicted molar refractivity (Wildman–Crippen MR) is 303 cm³/mol. The fraction of sp³-hybridized carbons (Fsp3) is 0.841. The Kier molecular flexibility index (Phi) is 48.2. The normalized spacial score (nSPS) is 18.3. The number of carboxylic acid groups (broad SMARTS) is 1. The van der Waals surface area contributed by atoms with E-state index in [1.54, 1.807) is 0 Å². The van der Waals surface area contributed by atoms with Crippen LogP contribution in [0.5, 0.6) is 0 Å². The van der Waals surface area contributed by atoms with E-state index in [2.05, 4.69) is 57.2 Å². The molecule has 0 saturated carbocycles. The van der Waals surface area contributed by atoms with Crippen LogP contribution in [0, 0.1) is 0 Å². The van der Waals surface area contributed by atoms with Gasteiger partial charge in [-0.2, -0.15) is 0 Å². The number of ether oxygens (including phenoxy) is 5. The average molecular weight is 1060 g/mol. The van der Waals surface area contributed by atoms with Crippen molar-refractivity contribution < 1.29 is 58.2 Å². The molecule has 1 rings (SSSR count). The number of allylic oxidation sites excluding steroid dienone is 6. The molecule has 12 heteroatoms. The lowest BCUT2D eigenvalue weighted by atomic mass is 9.98. The smallest absolute Gasteiger partial charge is 0.335 e. The van der Waals surface area contributed by atoms with Crippen molar-refractivity contribution in [3.63, 3.8) is 0 Å². The first-order valence-electron chi connectivity index (χ1n) is 31.0. The van der Waals surface area contributed by atoms with Crippen molar-refractivity contribution in [1.29, 1.82) is 0 Å². The number of aliphatic carboxylic acids is 1. The molecule has 1 fully saturated rings. The largest absolute Gasteiger partial charge is 0.479 e. The van der Waals surface area contributed by atoms with E-state index in [9.17, 15) is 34.5 Å². The number of hydrogen-bond acceptors (Lipinski definition) is 11. The first-order valence-corrected chi connectivity index (χ1v) is 31.0. The maximum absolute atomic E-state index is 13.2. The molecule has 0 radical (unpaired) electrons. The summed E-state index contributed by atoms with van der Waals surface area (Å²) in [6, 6.07) is 0. The zero-order valence-electron chi connectivity index (χ0n) is 48.1. The highest BCUT2D eigenvalue weighted by molar-refractivity contribution is 5.74. The fourth-order valence-electron chi connectivity index (χ4n) is 9.39. The number of unbranched alkanes of at least 4 members (excludes halogenated alkanes) is 33. The van der Waals surface area contributed by atoms with Crippen LogP contribution in [0.4, 0.5) is 0 Å². The number of carboxylic acids is 1. The lowest BCUT2D eigenvalue weighted by Gasteiger charge is -2.40. The van der Waals surface area contributed by atoms with Crippen LogP contribution in [0.15, 0.2) is 36.5 Å². The second-order valence-electron chi connectivity index (χ2n) is 21.3. The summed E-state index contributed by atoms with van der Waals surface area (Å²) in [5, 5.41) is 31.5. The molecule has 75 heavy (non-hydrogen) atoms. The highest BCUT2D eigenvalue weighted by atomic mass is 16.7. The molecule has 0 aromatic rings. The summed E-state index contributed by atoms with van der Waals surface area (Å²) < 4.78 is 28.5. The van der Waals surface area contributed by atoms with Gasteiger partial charge in [0.05, 0.1) is 6.61 Å². The van der Waals surface area contributed by atoms with Crippen molar-refractivity contribution in [3.8, 4) is 0 Å². The van der Waals surface area contributed by atoms with Gasteiger partial charge in [-0.25, -0.2) is 4.79 Å². The standard InChI is InChI=1S/C63H112O12/c1-4-7-10-13-16-19-22-25-28-31-34-37-40-43-46-49-55(64)71-52-54(73-56(65)50-47-44-41-38-35-32-29-26-23-20-17-14-11-8-5-2)53-72-63-61(59(68)58(67)60(75-63)62(69)70)74-57(66)51-48-45-42-39-36-33-30-27-24-21-18-15-12-9-6-3/h16,19,25,27-28,30,54,58-61,63,67-68H,4-15,17-18,20-24,26,29,31-53H2,1-3H3,(H,69,70)/b19-16-,28-25-,30-27-. The van der Waals surface area contributed by atoms with Gasteiger partial charge in [-0.1, -0.05) is 231 Å². The number of carbonyl (C=O) groups is 4. The zero-order valence-corrected chi connectivity index (χ0v) is 48.1. The lowest BCUT2D eigenvalue weighted by molar-refractivity contribution is -0.301. The molecule has 3 N–H and O–H groups in total. The minimum absolute atomic E-state index is 0.0523. The molecule has 0 aromatic carbocycles. The van der Waals surface area contributed by atoms with E-state index in [0.29, 0.717) is 19.3 Å². The van der Waals surface area contributed by atoms with E-state index in [4.69, 9.17) is 23.7 Å². The molecule has 1 heterocycles. The molecule has 0 bridgehead atoms. The molecule has 0 aromatic heterocycles. The van der Waals surface area contributed by atoms with E-state index < -0.39 is 67.3 Å². The maximum atomic E-state index is 13.2. The molecular weight excluding hydrogens is 949 g/mol. The molecule has 436 valence electrons. The number of esters is 3. The molecule has 1 saturated heterocycles. The second kappa shape index (κ2) is 51.7.